The van der Waals surface area contributed by atoms with Crippen molar-refractivity contribution in [2.24, 2.45) is 5.92 Å². The molecule has 1 aliphatic rings. The molecule has 1 fully saturated rings. The summed E-state index contributed by atoms with van der Waals surface area (Å²) in [5.41, 5.74) is 0.553. The van der Waals surface area contributed by atoms with Gasteiger partial charge in [-0.05, 0) is 37.1 Å². The third-order valence-corrected chi connectivity index (χ3v) is 3.67. The van der Waals surface area contributed by atoms with E-state index in [9.17, 15) is 14.0 Å². The van der Waals surface area contributed by atoms with Crippen molar-refractivity contribution in [1.29, 1.82) is 0 Å². The number of carbonyl (C=O) groups excluding carboxylic acids is 2. The predicted octanol–water partition coefficient (Wildman–Crippen LogP) is 2.37. The van der Waals surface area contributed by atoms with Crippen LogP contribution in [0.15, 0.2) is 36.9 Å². The van der Waals surface area contributed by atoms with Crippen LogP contribution in [0.2, 0.25) is 0 Å². The van der Waals surface area contributed by atoms with Crippen molar-refractivity contribution in [2.45, 2.75) is 12.8 Å². The van der Waals surface area contributed by atoms with Gasteiger partial charge in [0, 0.05) is 31.2 Å². The van der Waals surface area contributed by atoms with Crippen molar-refractivity contribution in [2.75, 3.05) is 25.0 Å². The first kappa shape index (κ1) is 16.0. The molecule has 0 unspecified atom stereocenters. The molecule has 0 atom stereocenters. The molecule has 0 bridgehead atoms. The zero-order chi connectivity index (χ0) is 15.9. The van der Waals surface area contributed by atoms with Gasteiger partial charge in [0.05, 0.1) is 0 Å². The number of nitrogens with one attached hydrogen (secondary N) is 2. The fourth-order valence-corrected chi connectivity index (χ4v) is 2.40. The first-order chi connectivity index (χ1) is 10.6. The van der Waals surface area contributed by atoms with Gasteiger partial charge in [-0.25, -0.2) is 9.18 Å². The molecule has 5 nitrogen and oxygen atoms in total. The summed E-state index contributed by atoms with van der Waals surface area (Å²) in [4.78, 5) is 25.6. The summed E-state index contributed by atoms with van der Waals surface area (Å²) in [6.45, 7) is 5.08. The summed E-state index contributed by atoms with van der Waals surface area (Å²) >= 11 is 0. The molecule has 0 spiro atoms. The van der Waals surface area contributed by atoms with Gasteiger partial charge in [0.1, 0.15) is 5.82 Å². The molecule has 0 radical (unpaired) electrons. The van der Waals surface area contributed by atoms with E-state index >= 15 is 0 Å². The number of benzene rings is 1. The molecule has 0 saturated carbocycles. The molecule has 3 amide bonds. The highest BCUT2D eigenvalue weighted by molar-refractivity contribution is 5.89. The molecule has 1 saturated heterocycles. The van der Waals surface area contributed by atoms with Gasteiger partial charge in [-0.2, -0.15) is 0 Å². The molecule has 2 rings (SSSR count). The zero-order valence-electron chi connectivity index (χ0n) is 12.3. The Labute approximate surface area is 129 Å². The summed E-state index contributed by atoms with van der Waals surface area (Å²) in [5, 5.41) is 5.50. The summed E-state index contributed by atoms with van der Waals surface area (Å²) in [5.74, 6) is -0.391. The minimum atomic E-state index is -0.343. The minimum absolute atomic E-state index is 0.0125. The Morgan fingerprint density at radius 2 is 1.91 bits per heavy atom. The molecule has 1 heterocycles. The van der Waals surface area contributed by atoms with E-state index in [1.54, 1.807) is 11.0 Å². The Bertz CT molecular complexity index is 537. The van der Waals surface area contributed by atoms with Crippen molar-refractivity contribution in [3.8, 4) is 0 Å². The van der Waals surface area contributed by atoms with Gasteiger partial charge in [0.25, 0.3) is 0 Å². The average Bonchev–Trinajstić information content (AvgIpc) is 2.55. The van der Waals surface area contributed by atoms with E-state index in [1.165, 1.54) is 24.3 Å². The minimum Gasteiger partial charge on any atom is -0.352 e. The largest absolute Gasteiger partial charge is 0.352 e. The van der Waals surface area contributed by atoms with Gasteiger partial charge >= 0.3 is 6.03 Å². The fraction of sp³-hybridized carbons (Fsp3) is 0.375. The molecule has 6 heteroatoms. The number of piperidine rings is 1. The highest BCUT2D eigenvalue weighted by Crippen LogP contribution is 2.18. The third-order valence-electron chi connectivity index (χ3n) is 3.67. The van der Waals surface area contributed by atoms with Crippen LogP contribution in [0.1, 0.15) is 12.8 Å². The smallest absolute Gasteiger partial charge is 0.321 e. The van der Waals surface area contributed by atoms with E-state index in [-0.39, 0.29) is 23.7 Å². The summed E-state index contributed by atoms with van der Waals surface area (Å²) < 4.78 is 12.8. The standard InChI is InChI=1S/C16H20FN3O2/c1-2-9-18-15(21)12-7-10-20(11-8-12)16(22)19-14-5-3-13(17)4-6-14/h2-6,12H,1,7-11H2,(H,18,21)(H,19,22). The number of urea groups is 1. The Balaban J connectivity index is 1.80. The summed E-state index contributed by atoms with van der Waals surface area (Å²) in [7, 11) is 0. The van der Waals surface area contributed by atoms with E-state index in [0.717, 1.165) is 0 Å². The second kappa shape index (κ2) is 7.59. The second-order valence-corrected chi connectivity index (χ2v) is 5.23. The molecule has 0 aliphatic carbocycles. The Hall–Kier alpha value is -2.37. The number of carbonyl (C=O) groups is 2. The third kappa shape index (κ3) is 4.31. The van der Waals surface area contributed by atoms with Crippen molar-refractivity contribution in [3.05, 3.63) is 42.7 Å². The lowest BCUT2D eigenvalue weighted by molar-refractivity contribution is -0.126. The molecule has 1 aromatic rings. The number of rotatable bonds is 4. The number of hydrogen-bond acceptors (Lipinski definition) is 2. The van der Waals surface area contributed by atoms with Crippen LogP contribution in [0.4, 0.5) is 14.9 Å². The quantitative estimate of drug-likeness (QED) is 0.839. The van der Waals surface area contributed by atoms with Crippen LogP contribution in [0, 0.1) is 11.7 Å². The van der Waals surface area contributed by atoms with Crippen LogP contribution in [0.25, 0.3) is 0 Å². The van der Waals surface area contributed by atoms with Crippen LogP contribution in [0.3, 0.4) is 0 Å². The van der Waals surface area contributed by atoms with Crippen molar-refractivity contribution in [1.82, 2.24) is 10.2 Å². The Morgan fingerprint density at radius 3 is 2.50 bits per heavy atom. The van der Waals surface area contributed by atoms with Crippen LogP contribution in [0.5, 0.6) is 0 Å². The van der Waals surface area contributed by atoms with Gasteiger partial charge in [-0.3, -0.25) is 4.79 Å². The van der Waals surface area contributed by atoms with Gasteiger partial charge in [-0.1, -0.05) is 6.08 Å². The maximum absolute atomic E-state index is 12.8. The lowest BCUT2D eigenvalue weighted by Gasteiger charge is -2.31. The first-order valence-corrected chi connectivity index (χ1v) is 7.30. The number of halogens is 1. The molecule has 22 heavy (non-hydrogen) atoms. The topological polar surface area (TPSA) is 61.4 Å². The monoisotopic (exact) mass is 305 g/mol. The Kier molecular flexibility index (Phi) is 5.52. The zero-order valence-corrected chi connectivity index (χ0v) is 12.3. The van der Waals surface area contributed by atoms with Crippen molar-refractivity contribution < 1.29 is 14.0 Å². The van der Waals surface area contributed by atoms with E-state index in [1.807, 2.05) is 0 Å². The molecule has 0 aromatic heterocycles. The highest BCUT2D eigenvalue weighted by Gasteiger charge is 2.26. The van der Waals surface area contributed by atoms with Gasteiger partial charge < -0.3 is 15.5 Å². The van der Waals surface area contributed by atoms with Crippen LogP contribution in [-0.2, 0) is 4.79 Å². The number of hydrogen-bond donors (Lipinski definition) is 2. The van der Waals surface area contributed by atoms with E-state index in [0.29, 0.717) is 38.2 Å². The molecule has 2 N–H and O–H groups in total. The average molecular weight is 305 g/mol. The van der Waals surface area contributed by atoms with E-state index < -0.39 is 0 Å². The van der Waals surface area contributed by atoms with Crippen molar-refractivity contribution in [3.63, 3.8) is 0 Å². The van der Waals surface area contributed by atoms with Crippen LogP contribution >= 0.6 is 0 Å². The molecule has 118 valence electrons. The Morgan fingerprint density at radius 1 is 1.27 bits per heavy atom. The number of likely N-dealkylation sites (tertiary alicyclic amines) is 1. The maximum atomic E-state index is 12.8. The summed E-state index contributed by atoms with van der Waals surface area (Å²) in [6, 6.07) is 5.40. The number of amides is 3. The first-order valence-electron chi connectivity index (χ1n) is 7.30. The van der Waals surface area contributed by atoms with Gasteiger partial charge in [0.2, 0.25) is 5.91 Å². The van der Waals surface area contributed by atoms with Crippen LogP contribution in [-0.4, -0.2) is 36.5 Å². The predicted molar refractivity (Wildman–Crippen MR) is 82.9 cm³/mol. The molecule has 1 aromatic carbocycles. The number of anilines is 1. The highest BCUT2D eigenvalue weighted by atomic mass is 19.1. The van der Waals surface area contributed by atoms with Crippen LogP contribution < -0.4 is 10.6 Å². The van der Waals surface area contributed by atoms with E-state index in [4.69, 9.17) is 0 Å². The molecular formula is C16H20FN3O2. The fourth-order valence-electron chi connectivity index (χ4n) is 2.40. The second-order valence-electron chi connectivity index (χ2n) is 5.23. The molecular weight excluding hydrogens is 285 g/mol. The maximum Gasteiger partial charge on any atom is 0.321 e. The normalized spacial score (nSPS) is 15.2. The van der Waals surface area contributed by atoms with E-state index in [2.05, 4.69) is 17.2 Å². The van der Waals surface area contributed by atoms with Gasteiger partial charge in [-0.15, -0.1) is 6.58 Å². The lowest BCUT2D eigenvalue weighted by atomic mass is 9.96. The summed E-state index contributed by atoms with van der Waals surface area (Å²) in [6.07, 6.45) is 2.92. The number of nitrogens with zero attached hydrogens (tertiary/aromatic N) is 1. The lowest BCUT2D eigenvalue weighted by Crippen LogP contribution is -2.44. The SMILES string of the molecule is C=CCNC(=O)C1CCN(C(=O)Nc2ccc(F)cc2)CC1. The van der Waals surface area contributed by atoms with Gasteiger partial charge in [0.15, 0.2) is 0 Å². The molecule has 1 aliphatic heterocycles. The van der Waals surface area contributed by atoms with Crippen molar-refractivity contribution >= 4 is 17.6 Å².